The molecule has 1 amide bonds. The van der Waals surface area contributed by atoms with Crippen LogP contribution in [-0.4, -0.2) is 43.4 Å². The van der Waals surface area contributed by atoms with Crippen molar-refractivity contribution in [3.05, 3.63) is 30.4 Å². The zero-order valence-electron chi connectivity index (χ0n) is 12.7. The van der Waals surface area contributed by atoms with Crippen molar-refractivity contribution in [3.63, 3.8) is 0 Å². The van der Waals surface area contributed by atoms with Gasteiger partial charge in [-0.25, -0.2) is 0 Å². The van der Waals surface area contributed by atoms with E-state index in [0.717, 1.165) is 0 Å². The number of carbonyl (C=O) groups is 2. The number of rotatable bonds is 5. The number of anilines is 1. The van der Waals surface area contributed by atoms with E-state index in [1.165, 1.54) is 14.2 Å². The minimum atomic E-state index is -1.04. The van der Waals surface area contributed by atoms with Gasteiger partial charge in [0.05, 0.1) is 38.0 Å². The Kier molecular flexibility index (Phi) is 3.96. The van der Waals surface area contributed by atoms with E-state index in [1.54, 1.807) is 30.4 Å². The van der Waals surface area contributed by atoms with Gasteiger partial charge in [0.15, 0.2) is 0 Å². The zero-order valence-corrected chi connectivity index (χ0v) is 12.7. The van der Waals surface area contributed by atoms with Gasteiger partial charge in [-0.05, 0) is 12.1 Å². The van der Waals surface area contributed by atoms with Crippen LogP contribution in [0.25, 0.3) is 0 Å². The maximum absolute atomic E-state index is 12.6. The van der Waals surface area contributed by atoms with Crippen LogP contribution in [0.15, 0.2) is 30.4 Å². The first-order valence-electron chi connectivity index (χ1n) is 7.14. The molecule has 2 aliphatic rings. The lowest BCUT2D eigenvalue weighted by Gasteiger charge is -2.21. The van der Waals surface area contributed by atoms with Crippen LogP contribution in [0.3, 0.4) is 0 Å². The van der Waals surface area contributed by atoms with Crippen molar-refractivity contribution < 1.29 is 28.9 Å². The standard InChI is InChI=1S/C16H17NO6/c1-21-8-3-4-10(22-2)9(7-8)17-15(18)13-11-5-6-12(23-11)14(13)16(19)20/h3-7,11-14H,1-2H3,(H,17,18)(H,19,20)/t11-,12+,13-,14+/m1/s1. The summed E-state index contributed by atoms with van der Waals surface area (Å²) in [6.45, 7) is 0. The van der Waals surface area contributed by atoms with E-state index >= 15 is 0 Å². The van der Waals surface area contributed by atoms with Crippen LogP contribution in [0.5, 0.6) is 11.5 Å². The fourth-order valence-electron chi connectivity index (χ4n) is 3.04. The summed E-state index contributed by atoms with van der Waals surface area (Å²) in [4.78, 5) is 24.0. The van der Waals surface area contributed by atoms with Gasteiger partial charge in [0, 0.05) is 6.07 Å². The second-order valence-corrected chi connectivity index (χ2v) is 5.40. The third-order valence-corrected chi connectivity index (χ3v) is 4.15. The van der Waals surface area contributed by atoms with Crippen LogP contribution >= 0.6 is 0 Å². The van der Waals surface area contributed by atoms with E-state index in [1.807, 2.05) is 0 Å². The van der Waals surface area contributed by atoms with Crippen molar-refractivity contribution in [3.8, 4) is 11.5 Å². The molecule has 2 bridgehead atoms. The number of benzene rings is 1. The van der Waals surface area contributed by atoms with E-state index in [2.05, 4.69) is 5.32 Å². The summed E-state index contributed by atoms with van der Waals surface area (Å²) in [5, 5.41) is 12.1. The second-order valence-electron chi connectivity index (χ2n) is 5.40. The molecule has 23 heavy (non-hydrogen) atoms. The maximum Gasteiger partial charge on any atom is 0.310 e. The molecule has 2 heterocycles. The summed E-state index contributed by atoms with van der Waals surface area (Å²) in [6, 6.07) is 4.99. The number of carbonyl (C=O) groups excluding carboxylic acids is 1. The number of aliphatic carboxylic acids is 1. The topological polar surface area (TPSA) is 94.1 Å². The lowest BCUT2D eigenvalue weighted by molar-refractivity contribution is -0.145. The minimum absolute atomic E-state index is 0.416. The predicted octanol–water partition coefficient (Wildman–Crippen LogP) is 1.30. The number of hydrogen-bond acceptors (Lipinski definition) is 5. The van der Waals surface area contributed by atoms with Gasteiger partial charge in [-0.1, -0.05) is 12.2 Å². The minimum Gasteiger partial charge on any atom is -0.497 e. The predicted molar refractivity (Wildman–Crippen MR) is 80.6 cm³/mol. The van der Waals surface area contributed by atoms with Crippen molar-refractivity contribution in [2.24, 2.45) is 11.8 Å². The average Bonchev–Trinajstić information content (AvgIpc) is 3.15. The Balaban J connectivity index is 1.84. The van der Waals surface area contributed by atoms with Gasteiger partial charge in [0.1, 0.15) is 17.4 Å². The molecule has 3 rings (SSSR count). The molecule has 0 radical (unpaired) electrons. The van der Waals surface area contributed by atoms with Gasteiger partial charge in [-0.15, -0.1) is 0 Å². The molecule has 2 aliphatic heterocycles. The first kappa shape index (κ1) is 15.4. The monoisotopic (exact) mass is 319 g/mol. The van der Waals surface area contributed by atoms with Crippen LogP contribution in [0.2, 0.25) is 0 Å². The molecule has 0 aromatic heterocycles. The highest BCUT2D eigenvalue weighted by atomic mass is 16.5. The fourth-order valence-corrected chi connectivity index (χ4v) is 3.04. The third-order valence-electron chi connectivity index (χ3n) is 4.15. The molecule has 1 aromatic carbocycles. The number of amides is 1. The Labute approximate surface area is 132 Å². The molecule has 0 saturated carbocycles. The van der Waals surface area contributed by atoms with Crippen LogP contribution in [0.1, 0.15) is 0 Å². The van der Waals surface area contributed by atoms with E-state index in [4.69, 9.17) is 14.2 Å². The Bertz CT molecular complexity index is 671. The van der Waals surface area contributed by atoms with Gasteiger partial charge < -0.3 is 24.6 Å². The SMILES string of the molecule is COc1ccc(OC)c(NC(=O)[C@H]2[C@@H](C(=O)O)[C@@H]3C=C[C@H]2O3)c1. The van der Waals surface area contributed by atoms with Crippen LogP contribution in [0.4, 0.5) is 5.69 Å². The molecule has 0 unspecified atom stereocenters. The van der Waals surface area contributed by atoms with Crippen molar-refractivity contribution in [2.75, 3.05) is 19.5 Å². The fraction of sp³-hybridized carbons (Fsp3) is 0.375. The molecular formula is C16H17NO6. The summed E-state index contributed by atoms with van der Waals surface area (Å²) in [5.41, 5.74) is 0.424. The highest BCUT2D eigenvalue weighted by Crippen LogP contribution is 2.40. The molecule has 0 spiro atoms. The number of hydrogen-bond donors (Lipinski definition) is 2. The Morgan fingerprint density at radius 3 is 2.43 bits per heavy atom. The average molecular weight is 319 g/mol. The molecule has 4 atom stereocenters. The number of fused-ring (bicyclic) bond motifs is 2. The van der Waals surface area contributed by atoms with Crippen LogP contribution in [0, 0.1) is 11.8 Å². The quantitative estimate of drug-likeness (QED) is 0.795. The first-order chi connectivity index (χ1) is 11.0. The molecule has 122 valence electrons. The lowest BCUT2D eigenvalue weighted by atomic mass is 9.82. The van der Waals surface area contributed by atoms with E-state index < -0.39 is 35.9 Å². The summed E-state index contributed by atoms with van der Waals surface area (Å²) in [5.74, 6) is -2.11. The molecule has 0 aliphatic carbocycles. The number of ether oxygens (including phenoxy) is 3. The second kappa shape index (κ2) is 5.92. The molecule has 1 saturated heterocycles. The largest absolute Gasteiger partial charge is 0.497 e. The highest BCUT2D eigenvalue weighted by molar-refractivity contribution is 5.97. The van der Waals surface area contributed by atoms with Crippen molar-refractivity contribution >= 4 is 17.6 Å². The van der Waals surface area contributed by atoms with Crippen molar-refractivity contribution in [1.82, 2.24) is 0 Å². The smallest absolute Gasteiger partial charge is 0.310 e. The molecular weight excluding hydrogens is 302 g/mol. The third kappa shape index (κ3) is 2.63. The van der Waals surface area contributed by atoms with Crippen molar-refractivity contribution in [2.45, 2.75) is 12.2 Å². The summed E-state index contributed by atoms with van der Waals surface area (Å²) >= 11 is 0. The summed E-state index contributed by atoms with van der Waals surface area (Å²) in [7, 11) is 3.00. The number of methoxy groups -OCH3 is 2. The summed E-state index contributed by atoms with van der Waals surface area (Å²) < 4.78 is 15.9. The van der Waals surface area contributed by atoms with Gasteiger partial charge in [0.2, 0.25) is 5.91 Å². The Morgan fingerprint density at radius 1 is 1.13 bits per heavy atom. The molecule has 7 nitrogen and oxygen atoms in total. The molecule has 1 aromatic rings. The number of nitrogens with one attached hydrogen (secondary N) is 1. The van der Waals surface area contributed by atoms with E-state index in [-0.39, 0.29) is 0 Å². The van der Waals surface area contributed by atoms with E-state index in [0.29, 0.717) is 17.2 Å². The van der Waals surface area contributed by atoms with Gasteiger partial charge in [-0.2, -0.15) is 0 Å². The van der Waals surface area contributed by atoms with E-state index in [9.17, 15) is 14.7 Å². The number of carboxylic acid groups (broad SMARTS) is 1. The van der Waals surface area contributed by atoms with Gasteiger partial charge >= 0.3 is 5.97 Å². The highest BCUT2D eigenvalue weighted by Gasteiger charge is 2.53. The molecule has 7 heteroatoms. The number of carboxylic acids is 1. The van der Waals surface area contributed by atoms with Crippen LogP contribution < -0.4 is 14.8 Å². The molecule has 2 N–H and O–H groups in total. The normalized spacial score (nSPS) is 27.7. The first-order valence-corrected chi connectivity index (χ1v) is 7.14. The van der Waals surface area contributed by atoms with Crippen molar-refractivity contribution in [1.29, 1.82) is 0 Å². The Hall–Kier alpha value is -2.54. The maximum atomic E-state index is 12.6. The molecule has 1 fully saturated rings. The zero-order chi connectivity index (χ0) is 16.6. The summed E-state index contributed by atoms with van der Waals surface area (Å²) in [6.07, 6.45) is 2.36. The van der Waals surface area contributed by atoms with Crippen LogP contribution in [-0.2, 0) is 14.3 Å². The van der Waals surface area contributed by atoms with Gasteiger partial charge in [0.25, 0.3) is 0 Å². The van der Waals surface area contributed by atoms with Gasteiger partial charge in [-0.3, -0.25) is 9.59 Å². The lowest BCUT2D eigenvalue weighted by Crippen LogP contribution is -2.39. The Morgan fingerprint density at radius 2 is 1.83 bits per heavy atom.